The molecule has 0 spiro atoms. The van der Waals surface area contributed by atoms with Gasteiger partial charge in [0.2, 0.25) is 0 Å². The second-order valence-electron chi connectivity index (χ2n) is 8.77. The van der Waals surface area contributed by atoms with E-state index in [-0.39, 0.29) is 11.5 Å². The average molecular weight is 570 g/mol. The van der Waals surface area contributed by atoms with Crippen LogP contribution in [0.3, 0.4) is 0 Å². The SMILES string of the molecule is CCN1C(=c2sc(=C3SC(=S)N(c4ccccc4)C3=O)n(-c3ccccc3)c2=O)C=Cc2cc(OC)ccc21. The molecule has 6 nitrogen and oxygen atoms in total. The number of nitrogens with zero attached hydrogens (tertiary/aromatic N) is 3. The van der Waals surface area contributed by atoms with Gasteiger partial charge in [-0.15, -0.1) is 11.3 Å². The van der Waals surface area contributed by atoms with Crippen LogP contribution in [0.4, 0.5) is 11.4 Å². The average Bonchev–Trinajstić information content (AvgIpc) is 3.47. The Labute approximate surface area is 238 Å². The van der Waals surface area contributed by atoms with Gasteiger partial charge in [0.1, 0.15) is 19.8 Å². The first-order valence-electron chi connectivity index (χ1n) is 12.3. The molecule has 1 saturated heterocycles. The zero-order valence-electron chi connectivity index (χ0n) is 21.2. The molecule has 2 aliphatic heterocycles. The highest BCUT2D eigenvalue weighted by Crippen LogP contribution is 2.36. The molecule has 0 aliphatic carbocycles. The van der Waals surface area contributed by atoms with Crippen molar-refractivity contribution in [2.75, 3.05) is 23.5 Å². The highest BCUT2D eigenvalue weighted by atomic mass is 32.2. The first kappa shape index (κ1) is 25.4. The summed E-state index contributed by atoms with van der Waals surface area (Å²) < 4.78 is 8.59. The molecule has 1 aromatic heterocycles. The maximum absolute atomic E-state index is 14.2. The van der Waals surface area contributed by atoms with E-state index in [2.05, 4.69) is 11.8 Å². The molecule has 39 heavy (non-hydrogen) atoms. The van der Waals surface area contributed by atoms with Crippen LogP contribution < -0.4 is 29.3 Å². The molecule has 194 valence electrons. The van der Waals surface area contributed by atoms with Crippen LogP contribution in [0, 0.1) is 0 Å². The van der Waals surface area contributed by atoms with E-state index in [0.29, 0.717) is 36.3 Å². The molecule has 3 aromatic carbocycles. The zero-order valence-corrected chi connectivity index (χ0v) is 23.6. The summed E-state index contributed by atoms with van der Waals surface area (Å²) in [6, 6.07) is 24.7. The maximum Gasteiger partial charge on any atom is 0.275 e. The second kappa shape index (κ2) is 10.3. The van der Waals surface area contributed by atoms with Crippen molar-refractivity contribution in [3.63, 3.8) is 0 Å². The molecular weight excluding hydrogens is 547 g/mol. The molecule has 6 rings (SSSR count). The van der Waals surface area contributed by atoms with Crippen LogP contribution in [-0.2, 0) is 4.79 Å². The first-order valence-corrected chi connectivity index (χ1v) is 14.4. The van der Waals surface area contributed by atoms with E-state index in [4.69, 9.17) is 17.0 Å². The minimum absolute atomic E-state index is 0.179. The smallest absolute Gasteiger partial charge is 0.275 e. The molecule has 9 heteroatoms. The number of para-hydroxylation sites is 2. The molecule has 0 bridgehead atoms. The number of methoxy groups -OCH3 is 1. The van der Waals surface area contributed by atoms with E-state index in [1.165, 1.54) is 28.0 Å². The van der Waals surface area contributed by atoms with Crippen LogP contribution in [-0.4, -0.2) is 28.4 Å². The topological polar surface area (TPSA) is 54.8 Å². The van der Waals surface area contributed by atoms with Crippen molar-refractivity contribution in [2.45, 2.75) is 6.92 Å². The highest BCUT2D eigenvalue weighted by Gasteiger charge is 2.35. The summed E-state index contributed by atoms with van der Waals surface area (Å²) in [5.41, 5.74) is 4.01. The second-order valence-corrected chi connectivity index (χ2v) is 11.4. The van der Waals surface area contributed by atoms with E-state index in [0.717, 1.165) is 22.7 Å². The molecule has 2 aliphatic rings. The number of fused-ring (bicyclic) bond motifs is 1. The highest BCUT2D eigenvalue weighted by molar-refractivity contribution is 8.31. The summed E-state index contributed by atoms with van der Waals surface area (Å²) in [7, 11) is 1.65. The molecule has 0 N–H and O–H groups in total. The quantitative estimate of drug-likeness (QED) is 0.331. The Morgan fingerprint density at radius 1 is 0.897 bits per heavy atom. The van der Waals surface area contributed by atoms with Crippen LogP contribution in [0.2, 0.25) is 0 Å². The van der Waals surface area contributed by atoms with Gasteiger partial charge in [0.15, 0.2) is 4.32 Å². The summed E-state index contributed by atoms with van der Waals surface area (Å²) in [6.45, 7) is 2.71. The third kappa shape index (κ3) is 4.32. The van der Waals surface area contributed by atoms with Crippen molar-refractivity contribution in [3.8, 4) is 11.4 Å². The number of benzene rings is 3. The standard InChI is InChI=1S/C30H23N3O3S3/c1-3-31-23-17-15-22(36-2)18-19(23)14-16-24(31)25-27(34)32(20-10-6-4-7-11-20)29(38-25)26-28(35)33(30(37)39-26)21-12-8-5-9-13-21/h4-18H,3H2,1-2H3. The van der Waals surface area contributed by atoms with Crippen molar-refractivity contribution < 1.29 is 9.53 Å². The lowest BCUT2D eigenvalue weighted by Gasteiger charge is -2.29. The fourth-order valence-corrected chi connectivity index (χ4v) is 7.38. The Bertz CT molecular complexity index is 1830. The summed E-state index contributed by atoms with van der Waals surface area (Å²) in [4.78, 5) is 32.0. The number of anilines is 2. The van der Waals surface area contributed by atoms with Gasteiger partial charge in [-0.05, 0) is 55.5 Å². The van der Waals surface area contributed by atoms with E-state index in [9.17, 15) is 9.59 Å². The van der Waals surface area contributed by atoms with Gasteiger partial charge >= 0.3 is 0 Å². The number of hydrogen-bond acceptors (Lipinski definition) is 7. The number of rotatable bonds is 4. The van der Waals surface area contributed by atoms with Gasteiger partial charge in [-0.2, -0.15) is 0 Å². The Kier molecular flexibility index (Phi) is 6.72. The van der Waals surface area contributed by atoms with Crippen LogP contribution in [0.25, 0.3) is 22.4 Å². The number of carbonyl (C=O) groups is 1. The molecule has 4 aromatic rings. The lowest BCUT2D eigenvalue weighted by molar-refractivity contribution is -0.112. The third-order valence-electron chi connectivity index (χ3n) is 6.58. The number of carbonyl (C=O) groups excluding carboxylic acids is 1. The monoisotopic (exact) mass is 569 g/mol. The van der Waals surface area contributed by atoms with Gasteiger partial charge in [0.25, 0.3) is 11.5 Å². The zero-order chi connectivity index (χ0) is 27.1. The molecule has 3 heterocycles. The maximum atomic E-state index is 14.2. The molecule has 0 atom stereocenters. The first-order chi connectivity index (χ1) is 19.0. The van der Waals surface area contributed by atoms with Crippen molar-refractivity contribution in [2.24, 2.45) is 0 Å². The van der Waals surface area contributed by atoms with Crippen LogP contribution >= 0.6 is 35.3 Å². The van der Waals surface area contributed by atoms with Crippen LogP contribution in [0.1, 0.15) is 12.5 Å². The predicted octanol–water partition coefficient (Wildman–Crippen LogP) is 4.74. The largest absolute Gasteiger partial charge is 0.497 e. The Hall–Kier alpha value is -3.92. The van der Waals surface area contributed by atoms with Crippen molar-refractivity contribution in [3.05, 3.63) is 110 Å². The van der Waals surface area contributed by atoms with E-state index in [1.54, 1.807) is 11.7 Å². The van der Waals surface area contributed by atoms with Crippen molar-refractivity contribution in [1.29, 1.82) is 0 Å². The Balaban J connectivity index is 1.63. The van der Waals surface area contributed by atoms with Gasteiger partial charge in [0.05, 0.1) is 24.2 Å². The minimum Gasteiger partial charge on any atom is -0.497 e. The summed E-state index contributed by atoms with van der Waals surface area (Å²) in [5.74, 6) is 0.539. The number of thiocarbonyl (C=S) groups is 1. The summed E-state index contributed by atoms with van der Waals surface area (Å²) in [5, 5.41) is 0. The van der Waals surface area contributed by atoms with E-state index < -0.39 is 0 Å². The summed E-state index contributed by atoms with van der Waals surface area (Å²) in [6.07, 6.45) is 3.97. The number of amides is 1. The number of likely N-dealkylation sites (N-methyl/N-ethyl adjacent to an activating group) is 1. The number of hydrogen-bond donors (Lipinski definition) is 0. The van der Waals surface area contributed by atoms with Gasteiger partial charge < -0.3 is 9.64 Å². The van der Waals surface area contributed by atoms with Gasteiger partial charge in [0, 0.05) is 17.8 Å². The van der Waals surface area contributed by atoms with Gasteiger partial charge in [-0.25, -0.2) is 0 Å². The fourth-order valence-electron chi connectivity index (χ4n) is 4.76. The molecule has 1 fully saturated rings. The predicted molar refractivity (Wildman–Crippen MR) is 165 cm³/mol. The normalized spacial score (nSPS) is 17.6. The summed E-state index contributed by atoms with van der Waals surface area (Å²) >= 11 is 8.18. The molecule has 0 saturated carbocycles. The Morgan fingerprint density at radius 2 is 1.59 bits per heavy atom. The van der Waals surface area contributed by atoms with Crippen molar-refractivity contribution in [1.82, 2.24) is 4.57 Å². The number of thiazole rings is 1. The minimum atomic E-state index is -0.234. The molecular formula is C30H23N3O3S3. The van der Waals surface area contributed by atoms with Crippen molar-refractivity contribution >= 4 is 73.6 Å². The number of aromatic nitrogens is 1. The molecule has 1 amide bonds. The fraction of sp³-hybridized carbons (Fsp3) is 0.100. The lowest BCUT2D eigenvalue weighted by Crippen LogP contribution is -2.36. The van der Waals surface area contributed by atoms with Crippen LogP contribution in [0.15, 0.2) is 89.7 Å². The molecule has 0 unspecified atom stereocenters. The number of thioether (sulfide) groups is 1. The Morgan fingerprint density at radius 3 is 2.26 bits per heavy atom. The van der Waals surface area contributed by atoms with Gasteiger partial charge in [-0.3, -0.25) is 19.1 Å². The third-order valence-corrected chi connectivity index (χ3v) is 9.24. The number of ether oxygens (including phenoxy) is 1. The van der Waals surface area contributed by atoms with E-state index in [1.807, 2.05) is 91.0 Å². The van der Waals surface area contributed by atoms with Crippen LogP contribution in [0.5, 0.6) is 5.75 Å². The van der Waals surface area contributed by atoms with E-state index >= 15 is 0 Å². The van der Waals surface area contributed by atoms with Gasteiger partial charge in [-0.1, -0.05) is 66.5 Å². The lowest BCUT2D eigenvalue weighted by atomic mass is 10.1. The molecule has 0 radical (unpaired) electrons.